The number of fused-ring (bicyclic) bond motifs is 9. The van der Waals surface area contributed by atoms with Crippen LogP contribution in [0.15, 0.2) is 243 Å². The van der Waals surface area contributed by atoms with E-state index in [2.05, 4.69) is 243 Å². The van der Waals surface area contributed by atoms with Gasteiger partial charge in [-0.25, -0.2) is 0 Å². The van der Waals surface area contributed by atoms with E-state index in [1.165, 1.54) is 102 Å². The summed E-state index contributed by atoms with van der Waals surface area (Å²) in [7, 11) is -6.06. The van der Waals surface area contributed by atoms with Crippen LogP contribution in [0.3, 0.4) is 0 Å². The van der Waals surface area contributed by atoms with Crippen LogP contribution in [0, 0.1) is 0 Å². The van der Waals surface area contributed by atoms with E-state index in [9.17, 15) is 0 Å². The van der Waals surface area contributed by atoms with Crippen LogP contribution in [0.2, 0.25) is 0 Å². The Morgan fingerprint density at radius 2 is 0.446 bits per heavy atom. The second-order valence-electron chi connectivity index (χ2n) is 17.0. The molecule has 13 rings (SSSR count). The molecule has 0 aliphatic heterocycles. The topological polar surface area (TPSA) is 0 Å². The summed E-state index contributed by atoms with van der Waals surface area (Å²) < 4.78 is 8.22. The fourth-order valence-electron chi connectivity index (χ4n) is 11.1. The molecule has 0 aliphatic rings. The molecule has 5 heteroatoms. The van der Waals surface area contributed by atoms with Crippen molar-refractivity contribution >= 4 is 152 Å². The molecule has 0 nitrogen and oxygen atoms in total. The minimum Gasteiger partial charge on any atom is -0.135 e. The van der Waals surface area contributed by atoms with Gasteiger partial charge in [0.1, 0.15) is 0 Å². The highest BCUT2D eigenvalue weighted by molar-refractivity contribution is 7.36. The Kier molecular flexibility index (Phi) is 9.22. The predicted octanol–water partition coefficient (Wildman–Crippen LogP) is 11.5. The van der Waals surface area contributed by atoms with Crippen LogP contribution in [0.1, 0.15) is 0 Å². The Bertz CT molecular complexity index is 3560. The van der Waals surface area contributed by atoms with Crippen molar-refractivity contribution in [2.75, 3.05) is 0 Å². The van der Waals surface area contributed by atoms with Crippen LogP contribution in [0.25, 0.3) is 60.5 Å². The number of rotatable bonds is 8. The van der Waals surface area contributed by atoms with Crippen molar-refractivity contribution in [1.82, 2.24) is 0 Å². The summed E-state index contributed by atoms with van der Waals surface area (Å²) in [6, 6.07) is 92.7. The average Bonchev–Trinajstić information content (AvgIpc) is 4.09. The average molecular weight is 913 g/mol. The first-order valence-electron chi connectivity index (χ1n) is 22.2. The van der Waals surface area contributed by atoms with E-state index in [1.807, 2.05) is 34.0 Å². The molecule has 0 radical (unpaired) electrons. The second kappa shape index (κ2) is 15.5. The van der Waals surface area contributed by atoms with Crippen LogP contribution in [-0.2, 0) is 0 Å². The van der Waals surface area contributed by atoms with Gasteiger partial charge in [0.15, 0.2) is 16.1 Å². The van der Waals surface area contributed by atoms with Gasteiger partial charge in [-0.1, -0.05) is 231 Å². The third-order valence-corrected chi connectivity index (χ3v) is 27.9. The van der Waals surface area contributed by atoms with Crippen LogP contribution >= 0.6 is 34.0 Å². The van der Waals surface area contributed by atoms with Crippen molar-refractivity contribution in [1.29, 1.82) is 0 Å². The molecule has 65 heavy (non-hydrogen) atoms. The number of hydrogen-bond acceptors (Lipinski definition) is 3. The molecular formula is C60H40S3Si2. The lowest BCUT2D eigenvalue weighted by Gasteiger charge is -2.35. The van der Waals surface area contributed by atoms with Crippen molar-refractivity contribution in [2.45, 2.75) is 0 Å². The zero-order valence-corrected chi connectivity index (χ0v) is 39.8. The van der Waals surface area contributed by atoms with E-state index in [-0.39, 0.29) is 0 Å². The molecule has 0 aliphatic carbocycles. The van der Waals surface area contributed by atoms with Gasteiger partial charge < -0.3 is 0 Å². The third kappa shape index (κ3) is 5.70. The van der Waals surface area contributed by atoms with E-state index < -0.39 is 16.1 Å². The summed E-state index contributed by atoms with van der Waals surface area (Å²) in [5.74, 6) is 0. The summed E-state index contributed by atoms with van der Waals surface area (Å²) >= 11 is 5.94. The first kappa shape index (κ1) is 38.7. The quantitative estimate of drug-likeness (QED) is 0.105. The van der Waals surface area contributed by atoms with Crippen LogP contribution < -0.4 is 41.5 Å². The lowest BCUT2D eigenvalue weighted by molar-refractivity contribution is 1.70. The van der Waals surface area contributed by atoms with Gasteiger partial charge in [0, 0.05) is 60.5 Å². The van der Waals surface area contributed by atoms with Gasteiger partial charge in [-0.2, -0.15) is 0 Å². The van der Waals surface area contributed by atoms with Gasteiger partial charge in [0.25, 0.3) is 0 Å². The first-order valence-corrected chi connectivity index (χ1v) is 28.7. The van der Waals surface area contributed by atoms with Gasteiger partial charge in [0.2, 0.25) is 0 Å². The first-order chi connectivity index (χ1) is 32.3. The number of hydrogen-bond donors (Lipinski definition) is 0. The highest BCUT2D eigenvalue weighted by atomic mass is 32.1. The Labute approximate surface area is 392 Å². The monoisotopic (exact) mass is 912 g/mol. The molecular weight excluding hydrogens is 873 g/mol. The third-order valence-electron chi connectivity index (χ3n) is 13.8. The van der Waals surface area contributed by atoms with E-state index in [0.717, 1.165) is 0 Å². The fourth-order valence-corrected chi connectivity index (χ4v) is 26.7. The van der Waals surface area contributed by atoms with Crippen molar-refractivity contribution in [3.05, 3.63) is 243 Å². The van der Waals surface area contributed by atoms with Gasteiger partial charge in [-0.05, 0) is 53.6 Å². The fraction of sp³-hybridized carbons (Fsp3) is 0. The second-order valence-corrected chi connectivity index (χ2v) is 27.6. The van der Waals surface area contributed by atoms with Gasteiger partial charge in [0.05, 0.1) is 0 Å². The number of benzene rings is 10. The number of thiophene rings is 3. The normalized spacial score (nSPS) is 12.3. The molecule has 0 bridgehead atoms. The molecule has 3 heterocycles. The summed E-state index contributed by atoms with van der Waals surface area (Å²) in [4.78, 5) is 0. The molecule has 0 saturated carbocycles. The van der Waals surface area contributed by atoms with Crippen LogP contribution in [0.4, 0.5) is 0 Å². The summed E-state index contributed by atoms with van der Waals surface area (Å²) in [6.45, 7) is 0. The Hall–Kier alpha value is -6.71. The predicted molar refractivity (Wildman–Crippen MR) is 292 cm³/mol. The molecule has 0 unspecified atom stereocenters. The standard InChI is InChI=1S/C60H40S3Si2/c1-5-21-41(22-6-1)64(42-23-7-2-8-24-42,53-37-17-31-47-45-29-13-15-35-51(45)61-57(47)53)55-39-19-33-49-50-34-20-40-56(60(50)63-59(49)55)65(43-25-9-3-10-26-43,44-27-11-4-12-28-44)54-38-18-32-48-46-30-14-16-36-52(46)62-58(48)54/h1-40H. The van der Waals surface area contributed by atoms with Crippen LogP contribution in [-0.4, -0.2) is 16.1 Å². The lowest BCUT2D eigenvalue weighted by atomic mass is 10.1. The molecule has 0 fully saturated rings. The van der Waals surface area contributed by atoms with E-state index >= 15 is 0 Å². The maximum atomic E-state index is 2.49. The molecule has 0 amide bonds. The lowest BCUT2D eigenvalue weighted by Crippen LogP contribution is -2.75. The smallest absolute Gasteiger partial charge is 0.135 e. The highest BCUT2D eigenvalue weighted by Crippen LogP contribution is 2.38. The summed E-state index contributed by atoms with van der Waals surface area (Å²) in [5.41, 5.74) is 0. The zero-order valence-electron chi connectivity index (χ0n) is 35.3. The maximum absolute atomic E-state index is 3.03. The highest BCUT2D eigenvalue weighted by Gasteiger charge is 2.47. The largest absolute Gasteiger partial charge is 0.182 e. The molecule has 306 valence electrons. The SMILES string of the molecule is c1ccc([Si](c2ccccc2)(c2cccc3c2sc2ccccc23)c2cccc3c2sc2c([Si](c4ccccc4)(c4ccccc4)c4cccc5c4sc4ccccc45)cccc23)cc1. The Balaban J connectivity index is 1.19. The van der Waals surface area contributed by atoms with E-state index in [1.54, 1.807) is 0 Å². The molecule has 3 aromatic heterocycles. The molecule has 10 aromatic carbocycles. The minimum atomic E-state index is -3.03. The van der Waals surface area contributed by atoms with Gasteiger partial charge >= 0.3 is 0 Å². The van der Waals surface area contributed by atoms with E-state index in [0.29, 0.717) is 0 Å². The molecule has 13 aromatic rings. The molecule has 0 saturated heterocycles. The van der Waals surface area contributed by atoms with Crippen LogP contribution in [0.5, 0.6) is 0 Å². The van der Waals surface area contributed by atoms with Crippen molar-refractivity contribution in [2.24, 2.45) is 0 Å². The van der Waals surface area contributed by atoms with Crippen molar-refractivity contribution in [3.63, 3.8) is 0 Å². The van der Waals surface area contributed by atoms with E-state index in [4.69, 9.17) is 0 Å². The zero-order chi connectivity index (χ0) is 43.0. The molecule has 0 atom stereocenters. The van der Waals surface area contributed by atoms with Crippen molar-refractivity contribution in [3.8, 4) is 0 Å². The maximum Gasteiger partial charge on any atom is 0.182 e. The minimum absolute atomic E-state index is 1.33. The Morgan fingerprint density at radius 3 is 0.769 bits per heavy atom. The summed E-state index contributed by atoms with van der Waals surface area (Å²) in [6.07, 6.45) is 0. The van der Waals surface area contributed by atoms with Gasteiger partial charge in [-0.3, -0.25) is 0 Å². The summed E-state index contributed by atoms with van der Waals surface area (Å²) in [5, 5.41) is 19.4. The molecule has 0 spiro atoms. The molecule has 0 N–H and O–H groups in total. The Morgan fingerprint density at radius 1 is 0.200 bits per heavy atom. The van der Waals surface area contributed by atoms with Gasteiger partial charge in [-0.15, -0.1) is 34.0 Å². The van der Waals surface area contributed by atoms with Crippen molar-refractivity contribution < 1.29 is 0 Å².